The normalized spacial score (nSPS) is 10.2. The second-order valence-corrected chi connectivity index (χ2v) is 2.38. The SMILES string of the molecule is C=Cc1ccc2[nH]cnc2c1. The van der Waals surface area contributed by atoms with Crippen molar-refractivity contribution in [3.05, 3.63) is 36.7 Å². The topological polar surface area (TPSA) is 28.7 Å². The fourth-order valence-electron chi connectivity index (χ4n) is 1.08. The lowest BCUT2D eigenvalue weighted by molar-refractivity contribution is 1.34. The number of H-pyrrole nitrogens is 1. The largest absolute Gasteiger partial charge is 0.345 e. The number of nitrogens with one attached hydrogen (secondary N) is 1. The van der Waals surface area contributed by atoms with Crippen molar-refractivity contribution in [3.63, 3.8) is 0 Å². The van der Waals surface area contributed by atoms with E-state index < -0.39 is 0 Å². The minimum atomic E-state index is 0.988. The van der Waals surface area contributed by atoms with Gasteiger partial charge in [0.2, 0.25) is 0 Å². The van der Waals surface area contributed by atoms with Crippen molar-refractivity contribution in [3.8, 4) is 0 Å². The van der Waals surface area contributed by atoms with Crippen LogP contribution in [0.1, 0.15) is 5.56 Å². The minimum Gasteiger partial charge on any atom is -0.345 e. The molecule has 0 unspecified atom stereocenters. The van der Waals surface area contributed by atoms with E-state index in [-0.39, 0.29) is 0 Å². The van der Waals surface area contributed by atoms with Gasteiger partial charge < -0.3 is 4.98 Å². The molecule has 2 aromatic rings. The molecule has 0 saturated heterocycles. The van der Waals surface area contributed by atoms with Crippen LogP contribution in [-0.2, 0) is 0 Å². The molecule has 0 radical (unpaired) electrons. The number of imidazole rings is 1. The van der Waals surface area contributed by atoms with Crippen LogP contribution in [0.2, 0.25) is 0 Å². The number of rotatable bonds is 1. The van der Waals surface area contributed by atoms with Crippen LogP contribution in [0.5, 0.6) is 0 Å². The average molecular weight is 144 g/mol. The van der Waals surface area contributed by atoms with E-state index >= 15 is 0 Å². The number of hydrogen-bond acceptors (Lipinski definition) is 1. The molecular formula is C9H8N2. The third-order valence-electron chi connectivity index (χ3n) is 1.68. The van der Waals surface area contributed by atoms with E-state index in [9.17, 15) is 0 Å². The first-order valence-electron chi connectivity index (χ1n) is 3.46. The van der Waals surface area contributed by atoms with Crippen LogP contribution in [0.25, 0.3) is 17.1 Å². The fraction of sp³-hybridized carbons (Fsp3) is 0. The van der Waals surface area contributed by atoms with E-state index in [1.807, 2.05) is 24.3 Å². The Balaban J connectivity index is 2.76. The van der Waals surface area contributed by atoms with Gasteiger partial charge in [0.1, 0.15) is 0 Å². The molecule has 0 aliphatic carbocycles. The van der Waals surface area contributed by atoms with Crippen LogP contribution in [0.3, 0.4) is 0 Å². The lowest BCUT2D eigenvalue weighted by atomic mass is 10.2. The van der Waals surface area contributed by atoms with Gasteiger partial charge in [0.25, 0.3) is 0 Å². The summed E-state index contributed by atoms with van der Waals surface area (Å²) >= 11 is 0. The summed E-state index contributed by atoms with van der Waals surface area (Å²) < 4.78 is 0. The van der Waals surface area contributed by atoms with Gasteiger partial charge in [0, 0.05) is 0 Å². The van der Waals surface area contributed by atoms with Crippen molar-refractivity contribution < 1.29 is 0 Å². The third kappa shape index (κ3) is 0.923. The standard InChI is InChI=1S/C9H8N2/c1-2-7-3-4-8-9(5-7)11-6-10-8/h2-6H,1H2,(H,10,11). The molecule has 2 nitrogen and oxygen atoms in total. The Bertz CT molecular complexity index is 387. The molecular weight excluding hydrogens is 136 g/mol. The smallest absolute Gasteiger partial charge is 0.0931 e. The first-order valence-corrected chi connectivity index (χ1v) is 3.46. The van der Waals surface area contributed by atoms with E-state index in [1.54, 1.807) is 6.33 Å². The lowest BCUT2D eigenvalue weighted by Crippen LogP contribution is -1.71. The van der Waals surface area contributed by atoms with Crippen molar-refractivity contribution in [2.45, 2.75) is 0 Å². The van der Waals surface area contributed by atoms with E-state index in [4.69, 9.17) is 0 Å². The summed E-state index contributed by atoms with van der Waals surface area (Å²) in [4.78, 5) is 7.15. The zero-order chi connectivity index (χ0) is 7.68. The second kappa shape index (κ2) is 2.23. The highest BCUT2D eigenvalue weighted by Gasteiger charge is 1.93. The first-order chi connectivity index (χ1) is 5.40. The molecule has 2 heteroatoms. The molecule has 1 heterocycles. The molecule has 0 bridgehead atoms. The number of hydrogen-bond donors (Lipinski definition) is 1. The maximum Gasteiger partial charge on any atom is 0.0931 e. The lowest BCUT2D eigenvalue weighted by Gasteiger charge is -1.90. The van der Waals surface area contributed by atoms with Gasteiger partial charge in [0.05, 0.1) is 17.4 Å². The number of fused-ring (bicyclic) bond motifs is 1. The van der Waals surface area contributed by atoms with Crippen molar-refractivity contribution in [1.82, 2.24) is 9.97 Å². The predicted molar refractivity (Wildman–Crippen MR) is 46.2 cm³/mol. The van der Waals surface area contributed by atoms with Gasteiger partial charge in [-0.2, -0.15) is 0 Å². The van der Waals surface area contributed by atoms with E-state index in [0.717, 1.165) is 16.6 Å². The van der Waals surface area contributed by atoms with Gasteiger partial charge in [-0.15, -0.1) is 0 Å². The van der Waals surface area contributed by atoms with Crippen LogP contribution >= 0.6 is 0 Å². The zero-order valence-corrected chi connectivity index (χ0v) is 6.04. The second-order valence-electron chi connectivity index (χ2n) is 2.38. The monoisotopic (exact) mass is 144 g/mol. The summed E-state index contributed by atoms with van der Waals surface area (Å²) in [5.74, 6) is 0. The molecule has 0 saturated carbocycles. The summed E-state index contributed by atoms with van der Waals surface area (Å²) in [6, 6.07) is 6.01. The molecule has 1 N–H and O–H groups in total. The highest BCUT2D eigenvalue weighted by molar-refractivity contribution is 5.77. The van der Waals surface area contributed by atoms with Crippen LogP contribution in [0.15, 0.2) is 31.1 Å². The van der Waals surface area contributed by atoms with Gasteiger partial charge >= 0.3 is 0 Å². The third-order valence-corrected chi connectivity index (χ3v) is 1.68. The molecule has 0 amide bonds. The maximum atomic E-state index is 4.12. The molecule has 1 aromatic carbocycles. The van der Waals surface area contributed by atoms with Gasteiger partial charge in [0.15, 0.2) is 0 Å². The summed E-state index contributed by atoms with van der Waals surface area (Å²) in [5, 5.41) is 0. The Labute approximate surface area is 64.6 Å². The minimum absolute atomic E-state index is 0.988. The van der Waals surface area contributed by atoms with Gasteiger partial charge in [-0.25, -0.2) is 4.98 Å². The summed E-state index contributed by atoms with van der Waals surface area (Å²) in [5.41, 5.74) is 3.16. The Morgan fingerprint density at radius 1 is 1.45 bits per heavy atom. The molecule has 2 rings (SSSR count). The van der Waals surface area contributed by atoms with E-state index in [0.29, 0.717) is 0 Å². The summed E-state index contributed by atoms with van der Waals surface area (Å²) in [6.07, 6.45) is 3.51. The Kier molecular flexibility index (Phi) is 1.25. The van der Waals surface area contributed by atoms with Crippen LogP contribution < -0.4 is 0 Å². The molecule has 0 spiro atoms. The van der Waals surface area contributed by atoms with E-state index in [2.05, 4.69) is 16.5 Å². The highest BCUT2D eigenvalue weighted by Crippen LogP contribution is 2.11. The summed E-state index contributed by atoms with van der Waals surface area (Å²) in [7, 11) is 0. The molecule has 0 fully saturated rings. The predicted octanol–water partition coefficient (Wildman–Crippen LogP) is 2.21. The van der Waals surface area contributed by atoms with Crippen molar-refractivity contribution in [2.75, 3.05) is 0 Å². The number of aromatic amines is 1. The molecule has 0 aliphatic heterocycles. The van der Waals surface area contributed by atoms with E-state index in [1.165, 1.54) is 0 Å². The number of aromatic nitrogens is 2. The molecule has 0 atom stereocenters. The molecule has 54 valence electrons. The number of benzene rings is 1. The highest BCUT2D eigenvalue weighted by atomic mass is 14.9. The van der Waals surface area contributed by atoms with Gasteiger partial charge in [-0.05, 0) is 17.7 Å². The van der Waals surface area contributed by atoms with Crippen LogP contribution in [-0.4, -0.2) is 9.97 Å². The van der Waals surface area contributed by atoms with Crippen molar-refractivity contribution in [2.24, 2.45) is 0 Å². The quantitative estimate of drug-likeness (QED) is 0.653. The Hall–Kier alpha value is -1.57. The molecule has 0 aliphatic rings. The van der Waals surface area contributed by atoms with Crippen molar-refractivity contribution >= 4 is 17.1 Å². The van der Waals surface area contributed by atoms with Crippen LogP contribution in [0.4, 0.5) is 0 Å². The van der Waals surface area contributed by atoms with Gasteiger partial charge in [-0.1, -0.05) is 18.7 Å². The maximum absolute atomic E-state index is 4.12. The fourth-order valence-corrected chi connectivity index (χ4v) is 1.08. The summed E-state index contributed by atoms with van der Waals surface area (Å²) in [6.45, 7) is 3.68. The Morgan fingerprint density at radius 2 is 2.36 bits per heavy atom. The molecule has 1 aromatic heterocycles. The zero-order valence-electron chi connectivity index (χ0n) is 6.04. The Morgan fingerprint density at radius 3 is 3.18 bits per heavy atom. The van der Waals surface area contributed by atoms with Gasteiger partial charge in [-0.3, -0.25) is 0 Å². The molecule has 11 heavy (non-hydrogen) atoms. The average Bonchev–Trinajstić information content (AvgIpc) is 2.50. The number of nitrogens with zero attached hydrogens (tertiary/aromatic N) is 1. The van der Waals surface area contributed by atoms with Crippen LogP contribution in [0, 0.1) is 0 Å². The van der Waals surface area contributed by atoms with Crippen molar-refractivity contribution in [1.29, 1.82) is 0 Å². The first kappa shape index (κ1) is 6.16.